The molecule has 1 N–H and O–H groups in total. The monoisotopic (exact) mass is 386 g/mol. The van der Waals surface area contributed by atoms with Gasteiger partial charge in [-0.1, -0.05) is 71.4 Å². The van der Waals surface area contributed by atoms with E-state index in [9.17, 15) is 4.79 Å². The molecule has 1 aliphatic heterocycles. The van der Waals surface area contributed by atoms with Crippen LogP contribution in [0.3, 0.4) is 0 Å². The van der Waals surface area contributed by atoms with Crippen LogP contribution in [0.1, 0.15) is 30.0 Å². The van der Waals surface area contributed by atoms with Gasteiger partial charge in [-0.05, 0) is 19.4 Å². The number of hydrogen-bond acceptors (Lipinski definition) is 4. The van der Waals surface area contributed by atoms with Gasteiger partial charge in [0.25, 0.3) is 5.89 Å². The molecule has 2 amide bonds. The Hall–Kier alpha value is -3.67. The number of carbonyl (C=O) groups excluding carboxylic acids is 1. The number of aromatic nitrogens is 2. The smallest absolute Gasteiger partial charge is 0.322 e. The Balaban J connectivity index is 1.82. The summed E-state index contributed by atoms with van der Waals surface area (Å²) in [5.74, 6) is 0.900. The third kappa shape index (κ3) is 3.57. The van der Waals surface area contributed by atoms with Crippen molar-refractivity contribution >= 4 is 11.6 Å². The normalized spacial score (nSPS) is 16.7. The van der Waals surface area contributed by atoms with Gasteiger partial charge in [-0.2, -0.15) is 4.98 Å². The van der Waals surface area contributed by atoms with Crippen molar-refractivity contribution in [1.29, 1.82) is 0 Å². The van der Waals surface area contributed by atoms with Crippen molar-refractivity contribution in [2.45, 2.75) is 19.9 Å². The lowest BCUT2D eigenvalue weighted by Gasteiger charge is -2.34. The Morgan fingerprint density at radius 1 is 1.14 bits per heavy atom. The predicted molar refractivity (Wildman–Crippen MR) is 112 cm³/mol. The molecule has 2 heterocycles. The van der Waals surface area contributed by atoms with E-state index in [1.807, 2.05) is 68.4 Å². The summed E-state index contributed by atoms with van der Waals surface area (Å²) in [6.45, 7) is 8.07. The topological polar surface area (TPSA) is 71.3 Å². The Morgan fingerprint density at radius 2 is 1.86 bits per heavy atom. The van der Waals surface area contributed by atoms with Crippen LogP contribution in [-0.4, -0.2) is 27.6 Å². The van der Waals surface area contributed by atoms with Crippen LogP contribution < -0.4 is 5.32 Å². The number of nitrogens with one attached hydrogen (secondary N) is 1. The molecule has 146 valence electrons. The zero-order valence-electron chi connectivity index (χ0n) is 16.4. The van der Waals surface area contributed by atoms with E-state index in [1.54, 1.807) is 11.0 Å². The zero-order valence-corrected chi connectivity index (χ0v) is 16.4. The van der Waals surface area contributed by atoms with Crippen molar-refractivity contribution in [2.24, 2.45) is 0 Å². The average molecular weight is 386 g/mol. The fourth-order valence-electron chi connectivity index (χ4n) is 3.45. The van der Waals surface area contributed by atoms with Crippen LogP contribution >= 0.6 is 0 Å². The summed E-state index contributed by atoms with van der Waals surface area (Å²) in [7, 11) is 0. The first-order valence-electron chi connectivity index (χ1n) is 9.44. The molecule has 0 radical (unpaired) electrons. The van der Waals surface area contributed by atoms with E-state index in [-0.39, 0.29) is 12.1 Å². The largest absolute Gasteiger partial charge is 0.334 e. The first-order valence-corrected chi connectivity index (χ1v) is 9.44. The lowest BCUT2D eigenvalue weighted by atomic mass is 9.94. The maximum atomic E-state index is 12.7. The lowest BCUT2D eigenvalue weighted by Crippen LogP contribution is -2.46. The molecule has 1 aromatic heterocycles. The first-order chi connectivity index (χ1) is 14.1. The number of hydrogen-bond donors (Lipinski definition) is 1. The molecular weight excluding hydrogens is 364 g/mol. The second-order valence-corrected chi connectivity index (χ2v) is 6.98. The molecule has 6 nitrogen and oxygen atoms in total. The van der Waals surface area contributed by atoms with Gasteiger partial charge in [0.2, 0.25) is 5.82 Å². The zero-order chi connectivity index (χ0) is 20.4. The Bertz CT molecular complexity index is 1070. The average Bonchev–Trinajstić information content (AvgIpc) is 3.22. The molecule has 3 aromatic rings. The van der Waals surface area contributed by atoms with Gasteiger partial charge in [-0.15, -0.1) is 6.58 Å². The summed E-state index contributed by atoms with van der Waals surface area (Å²) in [5, 5.41) is 7.23. The van der Waals surface area contributed by atoms with Crippen molar-refractivity contribution in [2.75, 3.05) is 6.54 Å². The molecule has 0 saturated heterocycles. The van der Waals surface area contributed by atoms with Crippen LogP contribution in [0, 0.1) is 6.92 Å². The molecule has 29 heavy (non-hydrogen) atoms. The molecule has 1 aliphatic rings. The van der Waals surface area contributed by atoms with Crippen LogP contribution in [0.4, 0.5) is 4.79 Å². The molecular formula is C23H22N4O2. The molecule has 0 fully saturated rings. The molecule has 4 rings (SSSR count). The van der Waals surface area contributed by atoms with Crippen molar-refractivity contribution in [3.8, 4) is 11.4 Å². The minimum atomic E-state index is -0.381. The van der Waals surface area contributed by atoms with E-state index < -0.39 is 0 Å². The standard InChI is InChI=1S/C23H22N4O2/c1-4-14-27-16(3)19(20(24-23(27)28)17-12-10-15(2)11-13-17)22-25-21(26-29-22)18-8-6-5-7-9-18/h4-13,20H,1,14H2,2-3H3,(H,24,28). The number of urea groups is 1. The maximum Gasteiger partial charge on any atom is 0.322 e. The first kappa shape index (κ1) is 18.7. The van der Waals surface area contributed by atoms with E-state index in [4.69, 9.17) is 4.52 Å². The molecule has 1 atom stereocenters. The number of amides is 2. The number of carbonyl (C=O) groups is 1. The Kier molecular flexibility index (Phi) is 4.99. The predicted octanol–water partition coefficient (Wildman–Crippen LogP) is 4.73. The van der Waals surface area contributed by atoms with Gasteiger partial charge in [0.15, 0.2) is 0 Å². The van der Waals surface area contributed by atoms with Gasteiger partial charge in [-0.25, -0.2) is 4.79 Å². The third-order valence-electron chi connectivity index (χ3n) is 5.01. The van der Waals surface area contributed by atoms with E-state index >= 15 is 0 Å². The van der Waals surface area contributed by atoms with Crippen LogP contribution in [-0.2, 0) is 0 Å². The second-order valence-electron chi connectivity index (χ2n) is 6.98. The van der Waals surface area contributed by atoms with Gasteiger partial charge in [0, 0.05) is 17.8 Å². The highest BCUT2D eigenvalue weighted by Crippen LogP contribution is 2.37. The highest BCUT2D eigenvalue weighted by molar-refractivity contribution is 5.87. The van der Waals surface area contributed by atoms with Crippen molar-refractivity contribution in [1.82, 2.24) is 20.4 Å². The van der Waals surface area contributed by atoms with E-state index in [1.165, 1.54) is 0 Å². The summed E-state index contributed by atoms with van der Waals surface area (Å²) >= 11 is 0. The molecule has 1 unspecified atom stereocenters. The number of nitrogens with zero attached hydrogens (tertiary/aromatic N) is 3. The quantitative estimate of drug-likeness (QED) is 0.644. The minimum Gasteiger partial charge on any atom is -0.334 e. The highest BCUT2D eigenvalue weighted by atomic mass is 16.5. The van der Waals surface area contributed by atoms with E-state index in [0.29, 0.717) is 18.3 Å². The summed E-state index contributed by atoms with van der Waals surface area (Å²) < 4.78 is 5.64. The summed E-state index contributed by atoms with van der Waals surface area (Å²) in [5.41, 5.74) is 4.52. The number of aryl methyl sites for hydroxylation is 1. The molecule has 0 bridgehead atoms. The van der Waals surface area contributed by atoms with Crippen molar-refractivity contribution < 1.29 is 9.32 Å². The number of benzene rings is 2. The van der Waals surface area contributed by atoms with Crippen LogP contribution in [0.25, 0.3) is 17.0 Å². The fraction of sp³-hybridized carbons (Fsp3) is 0.174. The van der Waals surface area contributed by atoms with Crippen LogP contribution in [0.15, 0.2) is 77.5 Å². The van der Waals surface area contributed by atoms with Crippen LogP contribution in [0.5, 0.6) is 0 Å². The molecule has 2 aromatic carbocycles. The van der Waals surface area contributed by atoms with Gasteiger partial charge >= 0.3 is 6.03 Å². The molecule has 0 saturated carbocycles. The van der Waals surface area contributed by atoms with E-state index in [0.717, 1.165) is 28.0 Å². The van der Waals surface area contributed by atoms with Gasteiger partial charge in [-0.3, -0.25) is 4.90 Å². The fourth-order valence-corrected chi connectivity index (χ4v) is 3.45. The molecule has 0 spiro atoms. The van der Waals surface area contributed by atoms with Crippen LogP contribution in [0.2, 0.25) is 0 Å². The molecule has 6 heteroatoms. The second kappa shape index (κ2) is 7.75. The lowest BCUT2D eigenvalue weighted by molar-refractivity contribution is 0.209. The number of rotatable bonds is 5. The highest BCUT2D eigenvalue weighted by Gasteiger charge is 2.35. The number of allylic oxidation sites excluding steroid dienone is 1. The summed E-state index contributed by atoms with van der Waals surface area (Å²) in [6, 6.07) is 17.1. The summed E-state index contributed by atoms with van der Waals surface area (Å²) in [4.78, 5) is 19.0. The maximum absolute atomic E-state index is 12.7. The SMILES string of the molecule is C=CCN1C(=O)NC(c2ccc(C)cc2)C(c2nc(-c3ccccc3)no2)=C1C. The Morgan fingerprint density at radius 3 is 2.55 bits per heavy atom. The molecule has 0 aliphatic carbocycles. The minimum absolute atomic E-state index is 0.181. The third-order valence-corrected chi connectivity index (χ3v) is 5.01. The van der Waals surface area contributed by atoms with Crippen molar-refractivity contribution in [3.63, 3.8) is 0 Å². The Labute approximate surface area is 169 Å². The summed E-state index contributed by atoms with van der Waals surface area (Å²) in [6.07, 6.45) is 1.69. The van der Waals surface area contributed by atoms with Crippen molar-refractivity contribution in [3.05, 3.63) is 90.0 Å². The van der Waals surface area contributed by atoms with E-state index in [2.05, 4.69) is 22.0 Å². The van der Waals surface area contributed by atoms with Gasteiger partial charge in [0.05, 0.1) is 11.6 Å². The van der Waals surface area contributed by atoms with Gasteiger partial charge < -0.3 is 9.84 Å². The van der Waals surface area contributed by atoms with Gasteiger partial charge in [0.1, 0.15) is 0 Å².